The highest BCUT2D eigenvalue weighted by molar-refractivity contribution is 5.94. The fourth-order valence-electron chi connectivity index (χ4n) is 2.27. The van der Waals surface area contributed by atoms with Crippen molar-refractivity contribution in [2.45, 2.75) is 38.6 Å². The van der Waals surface area contributed by atoms with Crippen molar-refractivity contribution in [3.8, 4) is 0 Å². The molecule has 0 saturated heterocycles. The van der Waals surface area contributed by atoms with E-state index in [-0.39, 0.29) is 18.0 Å². The highest BCUT2D eigenvalue weighted by atomic mass is 16.4. The molecule has 1 aromatic carbocycles. The zero-order chi connectivity index (χ0) is 18.0. The minimum absolute atomic E-state index is 0.00806. The quantitative estimate of drug-likeness (QED) is 0.882. The second-order valence-electron chi connectivity index (χ2n) is 7.03. The Labute approximate surface area is 141 Å². The third-order valence-electron chi connectivity index (χ3n) is 4.02. The maximum absolute atomic E-state index is 12.3. The maximum atomic E-state index is 12.3. The van der Waals surface area contributed by atoms with Gasteiger partial charge in [-0.25, -0.2) is 0 Å². The number of rotatable bonds is 5. The van der Waals surface area contributed by atoms with Crippen LogP contribution in [-0.2, 0) is 15.7 Å². The van der Waals surface area contributed by atoms with Crippen LogP contribution in [0.15, 0.2) is 42.7 Å². The number of benzene rings is 1. The number of carboxylic acids is 1. The number of hydrogen-bond acceptors (Lipinski definition) is 3. The summed E-state index contributed by atoms with van der Waals surface area (Å²) in [6, 6.07) is 8.89. The fraction of sp³-hybridized carbons (Fsp3) is 0.389. The first kappa shape index (κ1) is 17.7. The Kier molecular flexibility index (Phi) is 4.78. The molecule has 0 spiro atoms. The summed E-state index contributed by atoms with van der Waals surface area (Å²) < 4.78 is 1.70. The smallest absolute Gasteiger partial charge is 0.315 e. The van der Waals surface area contributed by atoms with E-state index < -0.39 is 11.4 Å². The predicted octanol–water partition coefficient (Wildman–Crippen LogP) is 2.41. The van der Waals surface area contributed by atoms with E-state index in [0.29, 0.717) is 11.1 Å². The monoisotopic (exact) mass is 329 g/mol. The molecule has 6 heteroatoms. The maximum Gasteiger partial charge on any atom is 0.315 e. The summed E-state index contributed by atoms with van der Waals surface area (Å²) in [5, 5.41) is 16.5. The number of hydrogen-bond donors (Lipinski definition) is 2. The highest BCUT2D eigenvalue weighted by Crippen LogP contribution is 2.23. The van der Waals surface area contributed by atoms with Crippen molar-refractivity contribution >= 4 is 11.9 Å². The molecular weight excluding hydrogens is 306 g/mol. The molecule has 1 atom stereocenters. The molecule has 0 fully saturated rings. The summed E-state index contributed by atoms with van der Waals surface area (Å²) in [4.78, 5) is 24.1. The Morgan fingerprint density at radius 1 is 1.17 bits per heavy atom. The van der Waals surface area contributed by atoms with Crippen molar-refractivity contribution in [2.75, 3.05) is 6.54 Å². The van der Waals surface area contributed by atoms with E-state index in [1.54, 1.807) is 42.1 Å². The van der Waals surface area contributed by atoms with Crippen molar-refractivity contribution in [3.05, 3.63) is 53.9 Å². The molecule has 2 rings (SSSR count). The van der Waals surface area contributed by atoms with Crippen molar-refractivity contribution in [1.29, 1.82) is 0 Å². The van der Waals surface area contributed by atoms with E-state index in [1.165, 1.54) is 6.20 Å². The van der Waals surface area contributed by atoms with Gasteiger partial charge in [0.1, 0.15) is 5.41 Å². The van der Waals surface area contributed by atoms with Gasteiger partial charge in [-0.3, -0.25) is 14.3 Å². The van der Waals surface area contributed by atoms with Crippen LogP contribution in [0.1, 0.15) is 43.6 Å². The van der Waals surface area contributed by atoms with E-state index in [2.05, 4.69) is 10.4 Å². The minimum Gasteiger partial charge on any atom is -0.481 e. The molecule has 6 nitrogen and oxygen atoms in total. The number of aliphatic carboxylic acids is 1. The summed E-state index contributed by atoms with van der Waals surface area (Å²) in [7, 11) is 0. The second kappa shape index (κ2) is 6.47. The summed E-state index contributed by atoms with van der Waals surface area (Å²) in [5.74, 6) is -1.33. The number of carbonyl (C=O) groups excluding carboxylic acids is 1. The Bertz CT molecular complexity index is 731. The molecule has 1 heterocycles. The van der Waals surface area contributed by atoms with Crippen LogP contribution in [0, 0.1) is 0 Å². The topological polar surface area (TPSA) is 84.2 Å². The first-order valence-corrected chi connectivity index (χ1v) is 7.77. The van der Waals surface area contributed by atoms with Crippen LogP contribution < -0.4 is 5.32 Å². The Hall–Kier alpha value is -2.63. The standard InChI is InChI=1S/C18H23N3O3/c1-17(2,3)21-11-13(10-20-21)15(22)19-12-18(4,16(23)24)14-8-6-5-7-9-14/h5-11H,12H2,1-4H3,(H,19,22)(H,23,24). The molecule has 0 saturated carbocycles. The Balaban J connectivity index is 2.14. The van der Waals surface area contributed by atoms with Crippen LogP contribution >= 0.6 is 0 Å². The molecule has 0 aliphatic carbocycles. The molecule has 128 valence electrons. The van der Waals surface area contributed by atoms with Crippen molar-refractivity contribution in [3.63, 3.8) is 0 Å². The second-order valence-corrected chi connectivity index (χ2v) is 7.03. The van der Waals surface area contributed by atoms with E-state index >= 15 is 0 Å². The minimum atomic E-state index is -1.20. The van der Waals surface area contributed by atoms with Crippen molar-refractivity contribution in [1.82, 2.24) is 15.1 Å². The lowest BCUT2D eigenvalue weighted by molar-refractivity contribution is -0.142. The zero-order valence-corrected chi connectivity index (χ0v) is 14.4. The predicted molar refractivity (Wildman–Crippen MR) is 91.0 cm³/mol. The third kappa shape index (κ3) is 3.64. The van der Waals surface area contributed by atoms with Gasteiger partial charge in [0, 0.05) is 12.7 Å². The lowest BCUT2D eigenvalue weighted by Crippen LogP contribution is -2.44. The summed E-state index contributed by atoms with van der Waals surface area (Å²) >= 11 is 0. The molecule has 2 aromatic rings. The van der Waals surface area contributed by atoms with Gasteiger partial charge in [-0.15, -0.1) is 0 Å². The number of carboxylic acid groups (broad SMARTS) is 1. The Morgan fingerprint density at radius 3 is 2.29 bits per heavy atom. The molecule has 2 N–H and O–H groups in total. The number of amides is 1. The van der Waals surface area contributed by atoms with Gasteiger partial charge in [0.05, 0.1) is 17.3 Å². The van der Waals surface area contributed by atoms with Gasteiger partial charge in [-0.05, 0) is 33.3 Å². The molecule has 1 amide bonds. The molecule has 1 aromatic heterocycles. The molecule has 0 bridgehead atoms. The van der Waals surface area contributed by atoms with Crippen molar-refractivity contribution < 1.29 is 14.7 Å². The van der Waals surface area contributed by atoms with Gasteiger partial charge in [0.25, 0.3) is 5.91 Å². The summed E-state index contributed by atoms with van der Waals surface area (Å²) in [6.45, 7) is 7.55. The van der Waals surface area contributed by atoms with E-state index in [9.17, 15) is 14.7 Å². The van der Waals surface area contributed by atoms with Gasteiger partial charge < -0.3 is 10.4 Å². The third-order valence-corrected chi connectivity index (χ3v) is 4.02. The molecule has 0 aliphatic rings. The lowest BCUT2D eigenvalue weighted by atomic mass is 9.82. The average Bonchev–Trinajstić information content (AvgIpc) is 3.03. The molecular formula is C18H23N3O3. The number of carbonyl (C=O) groups is 2. The number of nitrogens with one attached hydrogen (secondary N) is 1. The Morgan fingerprint density at radius 2 is 1.79 bits per heavy atom. The van der Waals surface area contributed by atoms with Gasteiger partial charge in [0.15, 0.2) is 0 Å². The van der Waals surface area contributed by atoms with Gasteiger partial charge in [0.2, 0.25) is 0 Å². The molecule has 24 heavy (non-hydrogen) atoms. The number of aromatic nitrogens is 2. The SMILES string of the molecule is CC(CNC(=O)c1cnn(C(C)(C)C)c1)(C(=O)O)c1ccccc1. The first-order chi connectivity index (χ1) is 11.1. The normalized spacial score (nSPS) is 14.0. The zero-order valence-electron chi connectivity index (χ0n) is 14.4. The lowest BCUT2D eigenvalue weighted by Gasteiger charge is -2.25. The summed E-state index contributed by atoms with van der Waals surface area (Å²) in [6.07, 6.45) is 3.15. The highest BCUT2D eigenvalue weighted by Gasteiger charge is 2.35. The van der Waals surface area contributed by atoms with Crippen LogP contribution in [-0.4, -0.2) is 33.3 Å². The van der Waals surface area contributed by atoms with Crippen LogP contribution in [0.5, 0.6) is 0 Å². The van der Waals surface area contributed by atoms with E-state index in [1.807, 2.05) is 26.8 Å². The van der Waals surface area contributed by atoms with E-state index in [4.69, 9.17) is 0 Å². The van der Waals surface area contributed by atoms with Gasteiger partial charge >= 0.3 is 5.97 Å². The fourth-order valence-corrected chi connectivity index (χ4v) is 2.27. The average molecular weight is 329 g/mol. The van der Waals surface area contributed by atoms with E-state index in [0.717, 1.165) is 0 Å². The largest absolute Gasteiger partial charge is 0.481 e. The number of nitrogens with zero attached hydrogens (tertiary/aromatic N) is 2. The van der Waals surface area contributed by atoms with Gasteiger partial charge in [-0.2, -0.15) is 5.10 Å². The summed E-state index contributed by atoms with van der Waals surface area (Å²) in [5.41, 5.74) is -0.372. The van der Waals surface area contributed by atoms with Gasteiger partial charge in [-0.1, -0.05) is 30.3 Å². The first-order valence-electron chi connectivity index (χ1n) is 7.77. The molecule has 0 aliphatic heterocycles. The van der Waals surface area contributed by atoms with Crippen LogP contribution in [0.3, 0.4) is 0 Å². The molecule has 0 radical (unpaired) electrons. The molecule has 1 unspecified atom stereocenters. The van der Waals surface area contributed by atoms with Crippen LogP contribution in [0.25, 0.3) is 0 Å². The van der Waals surface area contributed by atoms with Crippen molar-refractivity contribution in [2.24, 2.45) is 0 Å². The van der Waals surface area contributed by atoms with Crippen LogP contribution in [0.2, 0.25) is 0 Å². The van der Waals surface area contributed by atoms with Crippen LogP contribution in [0.4, 0.5) is 0 Å².